The highest BCUT2D eigenvalue weighted by atomic mass is 32.1. The van der Waals surface area contributed by atoms with Crippen LogP contribution in [-0.2, 0) is 0 Å². The summed E-state index contributed by atoms with van der Waals surface area (Å²) in [5, 5.41) is 10.2. The molecule has 0 aliphatic heterocycles. The molecule has 0 fully saturated rings. The SMILES string of the molecule is c1ccc(-c2ccccc2N(c2ccc(-c3cccc4cc5sc6ccccc6c5cc34)cc2)c2cc3ccccc3c3ccccc23)cc1. The maximum Gasteiger partial charge on any atom is 0.0546 e. The number of hydrogen-bond acceptors (Lipinski definition) is 2. The van der Waals surface area contributed by atoms with Crippen molar-refractivity contribution in [3.05, 3.63) is 188 Å². The van der Waals surface area contributed by atoms with Crippen LogP contribution in [0.5, 0.6) is 0 Å². The second kappa shape index (κ2) is 11.7. The summed E-state index contributed by atoms with van der Waals surface area (Å²) in [6, 6.07) is 68.7. The van der Waals surface area contributed by atoms with Gasteiger partial charge in [-0.1, -0.05) is 146 Å². The number of fused-ring (bicyclic) bond motifs is 7. The van der Waals surface area contributed by atoms with Crippen molar-refractivity contribution in [1.29, 1.82) is 0 Å². The van der Waals surface area contributed by atoms with Gasteiger partial charge in [0, 0.05) is 36.8 Å². The molecule has 1 heterocycles. The van der Waals surface area contributed by atoms with Gasteiger partial charge in [0.2, 0.25) is 0 Å². The zero-order chi connectivity index (χ0) is 33.0. The summed E-state index contributed by atoms with van der Waals surface area (Å²) in [4.78, 5) is 2.45. The quantitative estimate of drug-likeness (QED) is 0.167. The van der Waals surface area contributed by atoms with Crippen LogP contribution in [0.3, 0.4) is 0 Å². The zero-order valence-corrected chi connectivity index (χ0v) is 28.1. The third kappa shape index (κ3) is 4.69. The molecule has 0 amide bonds. The summed E-state index contributed by atoms with van der Waals surface area (Å²) in [6.07, 6.45) is 0. The van der Waals surface area contributed by atoms with E-state index >= 15 is 0 Å². The topological polar surface area (TPSA) is 3.24 Å². The molecular formula is C48H31NS. The van der Waals surface area contributed by atoms with Gasteiger partial charge in [-0.05, 0) is 86.1 Å². The fourth-order valence-corrected chi connectivity index (χ4v) is 8.83. The van der Waals surface area contributed by atoms with Crippen molar-refractivity contribution in [3.8, 4) is 22.3 Å². The first-order valence-corrected chi connectivity index (χ1v) is 17.9. The van der Waals surface area contributed by atoms with E-state index in [0.29, 0.717) is 0 Å². The van der Waals surface area contributed by atoms with Gasteiger partial charge in [0.1, 0.15) is 0 Å². The predicted octanol–water partition coefficient (Wildman–Crippen LogP) is 14.3. The minimum absolute atomic E-state index is 1.11. The molecule has 10 aromatic rings. The van der Waals surface area contributed by atoms with Crippen molar-refractivity contribution >= 4 is 80.9 Å². The maximum absolute atomic E-state index is 2.45. The molecule has 0 radical (unpaired) electrons. The Morgan fingerprint density at radius 3 is 1.80 bits per heavy atom. The monoisotopic (exact) mass is 653 g/mol. The van der Waals surface area contributed by atoms with Gasteiger partial charge < -0.3 is 4.90 Å². The molecule has 0 N–H and O–H groups in total. The molecule has 50 heavy (non-hydrogen) atoms. The second-order valence-electron chi connectivity index (χ2n) is 12.9. The minimum atomic E-state index is 1.11. The Bertz CT molecular complexity index is 2870. The van der Waals surface area contributed by atoms with Gasteiger partial charge in [-0.3, -0.25) is 0 Å². The first-order valence-electron chi connectivity index (χ1n) is 17.1. The molecule has 0 bridgehead atoms. The number of anilines is 3. The molecule has 0 aliphatic rings. The summed E-state index contributed by atoms with van der Waals surface area (Å²) in [5.74, 6) is 0. The molecule has 9 aromatic carbocycles. The lowest BCUT2D eigenvalue weighted by Gasteiger charge is -2.29. The normalized spacial score (nSPS) is 11.6. The molecule has 0 atom stereocenters. The fourth-order valence-electron chi connectivity index (χ4n) is 7.70. The Labute approximate surface area is 294 Å². The maximum atomic E-state index is 2.45. The smallest absolute Gasteiger partial charge is 0.0546 e. The minimum Gasteiger partial charge on any atom is -0.309 e. The van der Waals surface area contributed by atoms with E-state index in [0.717, 1.165) is 17.1 Å². The highest BCUT2D eigenvalue weighted by Crippen LogP contribution is 2.46. The van der Waals surface area contributed by atoms with Gasteiger partial charge in [-0.2, -0.15) is 0 Å². The standard InChI is InChI=1S/C48H31NS/c1-2-13-32(14-3-1)39-18-8-10-23-45(39)49(46-29-34-15-4-5-17-38(34)40-19-6-7-20-41(40)46)36-27-25-33(26-28-36)37-22-12-16-35-30-48-44(31-43(35)37)42-21-9-11-24-47(42)50-48/h1-31H. The molecule has 0 saturated heterocycles. The summed E-state index contributed by atoms with van der Waals surface area (Å²) >= 11 is 1.87. The molecule has 0 saturated carbocycles. The number of thiophene rings is 1. The lowest BCUT2D eigenvalue weighted by Crippen LogP contribution is -2.12. The molecule has 234 valence electrons. The van der Waals surface area contributed by atoms with Crippen LogP contribution >= 0.6 is 11.3 Å². The van der Waals surface area contributed by atoms with Crippen molar-refractivity contribution in [2.75, 3.05) is 4.90 Å². The van der Waals surface area contributed by atoms with Crippen LogP contribution in [-0.4, -0.2) is 0 Å². The summed E-state index contributed by atoms with van der Waals surface area (Å²) < 4.78 is 2.67. The van der Waals surface area contributed by atoms with Crippen LogP contribution in [0.1, 0.15) is 0 Å². The van der Waals surface area contributed by atoms with E-state index in [2.05, 4.69) is 193 Å². The highest BCUT2D eigenvalue weighted by Gasteiger charge is 2.20. The molecule has 0 unspecified atom stereocenters. The van der Waals surface area contributed by atoms with Gasteiger partial charge in [0.25, 0.3) is 0 Å². The number of benzene rings is 9. The van der Waals surface area contributed by atoms with Crippen LogP contribution in [0.25, 0.3) is 74.7 Å². The average molecular weight is 654 g/mol. The van der Waals surface area contributed by atoms with Crippen LogP contribution < -0.4 is 4.90 Å². The molecule has 1 aromatic heterocycles. The number of para-hydroxylation sites is 1. The van der Waals surface area contributed by atoms with Gasteiger partial charge in [-0.25, -0.2) is 0 Å². The Kier molecular flexibility index (Phi) is 6.75. The first-order chi connectivity index (χ1) is 24.8. The van der Waals surface area contributed by atoms with Gasteiger partial charge in [0.15, 0.2) is 0 Å². The summed E-state index contributed by atoms with van der Waals surface area (Å²) in [5.41, 5.74) is 8.25. The highest BCUT2D eigenvalue weighted by molar-refractivity contribution is 7.25. The fraction of sp³-hybridized carbons (Fsp3) is 0. The molecule has 10 rings (SSSR count). The third-order valence-electron chi connectivity index (χ3n) is 10.0. The van der Waals surface area contributed by atoms with Gasteiger partial charge in [-0.15, -0.1) is 11.3 Å². The summed E-state index contributed by atoms with van der Waals surface area (Å²) in [6.45, 7) is 0. The van der Waals surface area contributed by atoms with Crippen LogP contribution in [0.2, 0.25) is 0 Å². The van der Waals surface area contributed by atoms with Crippen molar-refractivity contribution in [2.24, 2.45) is 0 Å². The number of hydrogen-bond donors (Lipinski definition) is 0. The Morgan fingerprint density at radius 1 is 0.320 bits per heavy atom. The largest absolute Gasteiger partial charge is 0.309 e. The second-order valence-corrected chi connectivity index (χ2v) is 14.0. The van der Waals surface area contributed by atoms with Gasteiger partial charge in [0.05, 0.1) is 11.4 Å². The van der Waals surface area contributed by atoms with E-state index in [9.17, 15) is 0 Å². The average Bonchev–Trinajstić information content (AvgIpc) is 3.55. The van der Waals surface area contributed by atoms with Crippen LogP contribution in [0, 0.1) is 0 Å². The van der Waals surface area contributed by atoms with Crippen LogP contribution in [0.4, 0.5) is 17.1 Å². The van der Waals surface area contributed by atoms with E-state index in [-0.39, 0.29) is 0 Å². The molecule has 0 aliphatic carbocycles. The third-order valence-corrected chi connectivity index (χ3v) is 11.2. The molecule has 2 heteroatoms. The van der Waals surface area contributed by atoms with E-state index in [1.165, 1.54) is 74.7 Å². The molecule has 1 nitrogen and oxygen atoms in total. The van der Waals surface area contributed by atoms with Crippen molar-refractivity contribution in [3.63, 3.8) is 0 Å². The Morgan fingerprint density at radius 2 is 0.940 bits per heavy atom. The lowest BCUT2D eigenvalue weighted by molar-refractivity contribution is 1.30. The van der Waals surface area contributed by atoms with E-state index in [1.54, 1.807) is 0 Å². The van der Waals surface area contributed by atoms with Crippen LogP contribution in [0.15, 0.2) is 188 Å². The van der Waals surface area contributed by atoms with Gasteiger partial charge >= 0.3 is 0 Å². The Balaban J connectivity index is 1.18. The number of rotatable bonds is 5. The van der Waals surface area contributed by atoms with Crippen molar-refractivity contribution in [2.45, 2.75) is 0 Å². The van der Waals surface area contributed by atoms with Crippen molar-refractivity contribution < 1.29 is 0 Å². The first kappa shape index (κ1) is 28.8. The predicted molar refractivity (Wildman–Crippen MR) is 217 cm³/mol. The van der Waals surface area contributed by atoms with Crippen molar-refractivity contribution in [1.82, 2.24) is 0 Å². The van der Waals surface area contributed by atoms with E-state index < -0.39 is 0 Å². The van der Waals surface area contributed by atoms with E-state index in [1.807, 2.05) is 11.3 Å². The lowest BCUT2D eigenvalue weighted by atomic mass is 9.95. The molecule has 0 spiro atoms. The molecular weight excluding hydrogens is 623 g/mol. The van der Waals surface area contributed by atoms with E-state index in [4.69, 9.17) is 0 Å². The summed E-state index contributed by atoms with van der Waals surface area (Å²) in [7, 11) is 0. The Hall–Kier alpha value is -6.22. The zero-order valence-electron chi connectivity index (χ0n) is 27.3. The number of nitrogens with zero attached hydrogens (tertiary/aromatic N) is 1.